The van der Waals surface area contributed by atoms with Crippen LogP contribution in [0.5, 0.6) is 0 Å². The summed E-state index contributed by atoms with van der Waals surface area (Å²) in [4.78, 5) is 7.17. The lowest BCUT2D eigenvalue weighted by Crippen LogP contribution is -2.63. The van der Waals surface area contributed by atoms with E-state index in [1.165, 1.54) is 18.5 Å². The Morgan fingerprint density at radius 2 is 2.26 bits per heavy atom. The molecule has 19 heavy (non-hydrogen) atoms. The SMILES string of the molecule is CC1CN(Cc2ccc(Br)cn2)C(C)(C2CC2)CN1. The molecule has 0 radical (unpaired) electrons. The maximum atomic E-state index is 4.53. The van der Waals surface area contributed by atoms with Crippen molar-refractivity contribution in [3.05, 3.63) is 28.5 Å². The van der Waals surface area contributed by atoms with E-state index in [1.54, 1.807) is 0 Å². The van der Waals surface area contributed by atoms with Crippen LogP contribution in [0.25, 0.3) is 0 Å². The van der Waals surface area contributed by atoms with Crippen LogP contribution in [-0.4, -0.2) is 34.6 Å². The Morgan fingerprint density at radius 3 is 2.89 bits per heavy atom. The van der Waals surface area contributed by atoms with Crippen molar-refractivity contribution in [2.75, 3.05) is 13.1 Å². The average Bonchev–Trinajstić information content (AvgIpc) is 3.21. The van der Waals surface area contributed by atoms with Crippen molar-refractivity contribution in [1.82, 2.24) is 15.2 Å². The van der Waals surface area contributed by atoms with Crippen molar-refractivity contribution < 1.29 is 0 Å². The highest BCUT2D eigenvalue weighted by atomic mass is 79.9. The molecule has 2 fully saturated rings. The van der Waals surface area contributed by atoms with Gasteiger partial charge in [-0.15, -0.1) is 0 Å². The molecule has 1 aliphatic heterocycles. The van der Waals surface area contributed by atoms with Crippen LogP contribution in [0.2, 0.25) is 0 Å². The third-order valence-corrected chi connectivity index (χ3v) is 5.09. The number of nitrogens with zero attached hydrogens (tertiary/aromatic N) is 2. The second-order valence-electron chi connectivity index (χ2n) is 6.26. The Balaban J connectivity index is 1.77. The molecule has 2 atom stereocenters. The molecule has 104 valence electrons. The van der Waals surface area contributed by atoms with Crippen LogP contribution in [0.15, 0.2) is 22.8 Å². The molecule has 1 saturated heterocycles. The summed E-state index contributed by atoms with van der Waals surface area (Å²) in [7, 11) is 0. The zero-order valence-electron chi connectivity index (χ0n) is 11.7. The van der Waals surface area contributed by atoms with Gasteiger partial charge in [-0.05, 0) is 60.7 Å². The topological polar surface area (TPSA) is 28.2 Å². The standard InChI is InChI=1S/C15H22BrN3/c1-11-8-19(9-14-6-5-13(16)7-17-14)15(2,10-18-11)12-3-4-12/h5-7,11-12,18H,3-4,8-10H2,1-2H3. The predicted molar refractivity (Wildman–Crippen MR) is 80.9 cm³/mol. The fourth-order valence-electron chi connectivity index (χ4n) is 3.14. The molecule has 0 spiro atoms. The highest BCUT2D eigenvalue weighted by molar-refractivity contribution is 9.10. The first kappa shape index (κ1) is 13.5. The van der Waals surface area contributed by atoms with Crippen LogP contribution in [0.3, 0.4) is 0 Å². The number of hydrogen-bond acceptors (Lipinski definition) is 3. The van der Waals surface area contributed by atoms with Gasteiger partial charge in [0.15, 0.2) is 0 Å². The minimum absolute atomic E-state index is 0.307. The summed E-state index contributed by atoms with van der Waals surface area (Å²) in [6, 6.07) is 4.79. The van der Waals surface area contributed by atoms with Gasteiger partial charge in [0.05, 0.1) is 5.69 Å². The van der Waals surface area contributed by atoms with E-state index in [1.807, 2.05) is 6.20 Å². The minimum Gasteiger partial charge on any atom is -0.311 e. The fraction of sp³-hybridized carbons (Fsp3) is 0.667. The molecule has 4 heteroatoms. The molecule has 1 saturated carbocycles. The van der Waals surface area contributed by atoms with Crippen molar-refractivity contribution in [2.45, 2.75) is 44.8 Å². The molecule has 2 unspecified atom stereocenters. The molecule has 2 aliphatic rings. The van der Waals surface area contributed by atoms with E-state index in [0.717, 1.165) is 30.0 Å². The summed E-state index contributed by atoms with van der Waals surface area (Å²) in [5.74, 6) is 0.864. The Hall–Kier alpha value is -0.450. The van der Waals surface area contributed by atoms with Crippen molar-refractivity contribution >= 4 is 15.9 Å². The monoisotopic (exact) mass is 323 g/mol. The van der Waals surface area contributed by atoms with E-state index in [2.05, 4.69) is 57.1 Å². The molecule has 0 aromatic carbocycles. The number of rotatable bonds is 3. The number of halogens is 1. The average molecular weight is 324 g/mol. The van der Waals surface area contributed by atoms with Gasteiger partial charge in [0.2, 0.25) is 0 Å². The molecular weight excluding hydrogens is 302 g/mol. The lowest BCUT2D eigenvalue weighted by molar-refractivity contribution is 0.0302. The highest BCUT2D eigenvalue weighted by Crippen LogP contribution is 2.44. The number of aromatic nitrogens is 1. The van der Waals surface area contributed by atoms with Crippen LogP contribution >= 0.6 is 15.9 Å². The van der Waals surface area contributed by atoms with Gasteiger partial charge in [0, 0.05) is 41.9 Å². The second kappa shape index (κ2) is 5.15. The Labute approximate surface area is 123 Å². The van der Waals surface area contributed by atoms with Gasteiger partial charge in [0.25, 0.3) is 0 Å². The van der Waals surface area contributed by atoms with Crippen LogP contribution in [-0.2, 0) is 6.54 Å². The smallest absolute Gasteiger partial charge is 0.0545 e. The maximum absolute atomic E-state index is 4.53. The van der Waals surface area contributed by atoms with Gasteiger partial charge >= 0.3 is 0 Å². The van der Waals surface area contributed by atoms with Crippen LogP contribution in [0.4, 0.5) is 0 Å². The first-order valence-electron chi connectivity index (χ1n) is 7.17. The summed E-state index contributed by atoms with van der Waals surface area (Å²) < 4.78 is 1.05. The fourth-order valence-corrected chi connectivity index (χ4v) is 3.38. The molecular formula is C15H22BrN3. The van der Waals surface area contributed by atoms with Gasteiger partial charge in [0.1, 0.15) is 0 Å². The largest absolute Gasteiger partial charge is 0.311 e. The molecule has 0 bridgehead atoms. The molecule has 1 aliphatic carbocycles. The molecule has 2 heterocycles. The Kier molecular flexibility index (Phi) is 3.67. The lowest BCUT2D eigenvalue weighted by atomic mass is 9.89. The summed E-state index contributed by atoms with van der Waals surface area (Å²) in [6.07, 6.45) is 4.67. The molecule has 3 nitrogen and oxygen atoms in total. The summed E-state index contributed by atoms with van der Waals surface area (Å²) in [5.41, 5.74) is 1.48. The van der Waals surface area contributed by atoms with Crippen molar-refractivity contribution in [3.63, 3.8) is 0 Å². The molecule has 1 aromatic rings. The van der Waals surface area contributed by atoms with E-state index in [9.17, 15) is 0 Å². The number of piperazine rings is 1. The van der Waals surface area contributed by atoms with Gasteiger partial charge in [-0.25, -0.2) is 0 Å². The van der Waals surface area contributed by atoms with E-state index in [0.29, 0.717) is 11.6 Å². The van der Waals surface area contributed by atoms with Crippen molar-refractivity contribution in [2.24, 2.45) is 5.92 Å². The first-order valence-corrected chi connectivity index (χ1v) is 7.96. The number of pyridine rings is 1. The Bertz CT molecular complexity index is 443. The zero-order chi connectivity index (χ0) is 13.5. The van der Waals surface area contributed by atoms with Gasteiger partial charge in [-0.3, -0.25) is 9.88 Å². The predicted octanol–water partition coefficient (Wildman–Crippen LogP) is 2.81. The second-order valence-corrected chi connectivity index (χ2v) is 7.18. The van der Waals surface area contributed by atoms with E-state index in [4.69, 9.17) is 0 Å². The van der Waals surface area contributed by atoms with Gasteiger partial charge in [-0.1, -0.05) is 0 Å². The highest BCUT2D eigenvalue weighted by Gasteiger charge is 2.47. The first-order chi connectivity index (χ1) is 9.08. The summed E-state index contributed by atoms with van der Waals surface area (Å²) in [5, 5.41) is 3.65. The van der Waals surface area contributed by atoms with E-state index in [-0.39, 0.29) is 0 Å². The van der Waals surface area contributed by atoms with Crippen LogP contribution in [0, 0.1) is 5.92 Å². The van der Waals surface area contributed by atoms with Crippen molar-refractivity contribution in [3.8, 4) is 0 Å². The van der Waals surface area contributed by atoms with E-state index >= 15 is 0 Å². The summed E-state index contributed by atoms with van der Waals surface area (Å²) >= 11 is 3.45. The third kappa shape index (κ3) is 2.86. The van der Waals surface area contributed by atoms with Gasteiger partial charge in [-0.2, -0.15) is 0 Å². The third-order valence-electron chi connectivity index (χ3n) is 4.62. The van der Waals surface area contributed by atoms with Crippen molar-refractivity contribution in [1.29, 1.82) is 0 Å². The van der Waals surface area contributed by atoms with Crippen LogP contribution in [0.1, 0.15) is 32.4 Å². The van der Waals surface area contributed by atoms with Gasteiger partial charge < -0.3 is 5.32 Å². The maximum Gasteiger partial charge on any atom is 0.0545 e. The molecule has 3 rings (SSSR count). The number of hydrogen-bond donors (Lipinski definition) is 1. The van der Waals surface area contributed by atoms with Crippen LogP contribution < -0.4 is 5.32 Å². The minimum atomic E-state index is 0.307. The molecule has 1 N–H and O–H groups in total. The summed E-state index contributed by atoms with van der Waals surface area (Å²) in [6.45, 7) is 7.88. The zero-order valence-corrected chi connectivity index (χ0v) is 13.3. The van der Waals surface area contributed by atoms with E-state index < -0.39 is 0 Å². The molecule has 0 amide bonds. The lowest BCUT2D eigenvalue weighted by Gasteiger charge is -2.48. The quantitative estimate of drug-likeness (QED) is 0.927. The Morgan fingerprint density at radius 1 is 1.47 bits per heavy atom. The normalized spacial score (nSPS) is 32.5. The molecule has 1 aromatic heterocycles. The number of nitrogens with one attached hydrogen (secondary N) is 1.